The van der Waals surface area contributed by atoms with E-state index in [0.29, 0.717) is 29.7 Å². The van der Waals surface area contributed by atoms with Crippen LogP contribution in [0.3, 0.4) is 0 Å². The van der Waals surface area contributed by atoms with Crippen LogP contribution in [0.4, 0.5) is 5.82 Å². The zero-order valence-electron chi connectivity index (χ0n) is 9.19. The van der Waals surface area contributed by atoms with Gasteiger partial charge in [-0.05, 0) is 12.8 Å². The van der Waals surface area contributed by atoms with Gasteiger partial charge in [0.05, 0.1) is 6.20 Å². The van der Waals surface area contributed by atoms with E-state index in [-0.39, 0.29) is 0 Å². The Hall–Kier alpha value is -1.16. The molecule has 1 aromatic rings. The third-order valence-corrected chi connectivity index (χ3v) is 3.31. The normalized spacial score (nSPS) is 17.5. The predicted octanol–water partition coefficient (Wildman–Crippen LogP) is 2.08. The summed E-state index contributed by atoms with van der Waals surface area (Å²) in [6.07, 6.45) is 6.18. The van der Waals surface area contributed by atoms with Crippen molar-refractivity contribution in [3.05, 3.63) is 17.5 Å². The maximum absolute atomic E-state index is 11.2. The van der Waals surface area contributed by atoms with E-state index in [0.717, 1.165) is 18.7 Å². The number of carbonyl (C=O) groups is 1. The minimum absolute atomic E-state index is 0.352. The summed E-state index contributed by atoms with van der Waals surface area (Å²) >= 11 is 6.03. The summed E-state index contributed by atoms with van der Waals surface area (Å²) in [5.41, 5.74) is 0. The highest BCUT2D eigenvalue weighted by Gasteiger charge is 2.24. The molecule has 5 heteroatoms. The largest absolute Gasteiger partial charge is 0.355 e. The lowest BCUT2D eigenvalue weighted by molar-refractivity contribution is -0.120. The molecular formula is C11H14ClN3O. The molecule has 0 unspecified atom stereocenters. The first-order valence-corrected chi connectivity index (χ1v) is 5.76. The van der Waals surface area contributed by atoms with Crippen molar-refractivity contribution in [2.24, 2.45) is 0 Å². The number of hydrogen-bond acceptors (Lipinski definition) is 4. The Kier molecular flexibility index (Phi) is 3.39. The van der Waals surface area contributed by atoms with Crippen molar-refractivity contribution in [3.63, 3.8) is 0 Å². The molecule has 0 aromatic carbocycles. The average Bonchev–Trinajstić information content (AvgIpc) is 2.30. The zero-order chi connectivity index (χ0) is 11.5. The van der Waals surface area contributed by atoms with E-state index in [1.54, 1.807) is 6.20 Å². The molecule has 1 saturated carbocycles. The Labute approximate surface area is 99.6 Å². The lowest BCUT2D eigenvalue weighted by Crippen LogP contribution is -2.36. The first kappa shape index (κ1) is 11.3. The Morgan fingerprint density at radius 1 is 1.44 bits per heavy atom. The van der Waals surface area contributed by atoms with Crippen LogP contribution in [0.15, 0.2) is 12.5 Å². The van der Waals surface area contributed by atoms with Crippen LogP contribution in [0.2, 0.25) is 5.02 Å². The van der Waals surface area contributed by atoms with Gasteiger partial charge in [0.15, 0.2) is 5.82 Å². The number of halogens is 1. The monoisotopic (exact) mass is 239 g/mol. The van der Waals surface area contributed by atoms with Crippen LogP contribution in [0.5, 0.6) is 0 Å². The maximum atomic E-state index is 11.2. The SMILES string of the molecule is CN(c1ncncc1Cl)C1CCC(=O)CC1. The first-order valence-electron chi connectivity index (χ1n) is 5.38. The molecule has 0 aliphatic heterocycles. The van der Waals surface area contributed by atoms with Crippen LogP contribution in [-0.4, -0.2) is 28.8 Å². The van der Waals surface area contributed by atoms with E-state index in [1.807, 2.05) is 7.05 Å². The van der Waals surface area contributed by atoms with Gasteiger partial charge < -0.3 is 4.90 Å². The fourth-order valence-corrected chi connectivity index (χ4v) is 2.29. The van der Waals surface area contributed by atoms with Crippen molar-refractivity contribution >= 4 is 23.2 Å². The quantitative estimate of drug-likeness (QED) is 0.793. The number of carbonyl (C=O) groups excluding carboxylic acids is 1. The summed E-state index contributed by atoms with van der Waals surface area (Å²) < 4.78 is 0. The van der Waals surface area contributed by atoms with Gasteiger partial charge in [0.25, 0.3) is 0 Å². The van der Waals surface area contributed by atoms with Gasteiger partial charge in [-0.25, -0.2) is 9.97 Å². The average molecular weight is 240 g/mol. The van der Waals surface area contributed by atoms with Gasteiger partial charge in [-0.2, -0.15) is 0 Å². The molecule has 1 aromatic heterocycles. The third kappa shape index (κ3) is 2.32. The van der Waals surface area contributed by atoms with E-state index >= 15 is 0 Å². The Balaban J connectivity index is 2.10. The second-order valence-electron chi connectivity index (χ2n) is 4.08. The van der Waals surface area contributed by atoms with Crippen LogP contribution in [0, 0.1) is 0 Å². The molecule has 2 rings (SSSR count). The molecule has 1 aliphatic rings. The second-order valence-corrected chi connectivity index (χ2v) is 4.48. The number of Topliss-reactive ketones (excluding diaryl/α,β-unsaturated/α-hetero) is 1. The molecule has 0 spiro atoms. The van der Waals surface area contributed by atoms with Crippen LogP contribution in [0.25, 0.3) is 0 Å². The summed E-state index contributed by atoms with van der Waals surface area (Å²) in [7, 11) is 1.97. The highest BCUT2D eigenvalue weighted by atomic mass is 35.5. The minimum Gasteiger partial charge on any atom is -0.355 e. The lowest BCUT2D eigenvalue weighted by atomic mass is 9.93. The number of aromatic nitrogens is 2. The molecule has 0 amide bonds. The highest BCUT2D eigenvalue weighted by molar-refractivity contribution is 6.32. The minimum atomic E-state index is 0.352. The van der Waals surface area contributed by atoms with Gasteiger partial charge in [0.1, 0.15) is 17.1 Å². The Morgan fingerprint density at radius 3 is 2.75 bits per heavy atom. The standard InChI is InChI=1S/C11H14ClN3O/c1-15(8-2-4-9(16)5-3-8)11-10(12)6-13-7-14-11/h6-8H,2-5H2,1H3. The zero-order valence-corrected chi connectivity index (χ0v) is 9.94. The smallest absolute Gasteiger partial charge is 0.150 e. The maximum Gasteiger partial charge on any atom is 0.150 e. The van der Waals surface area contributed by atoms with Crippen LogP contribution in [0.1, 0.15) is 25.7 Å². The number of ketones is 1. The van der Waals surface area contributed by atoms with Crippen molar-refractivity contribution in [1.29, 1.82) is 0 Å². The molecule has 16 heavy (non-hydrogen) atoms. The van der Waals surface area contributed by atoms with Crippen LogP contribution >= 0.6 is 11.6 Å². The molecule has 1 heterocycles. The van der Waals surface area contributed by atoms with Crippen molar-refractivity contribution in [1.82, 2.24) is 9.97 Å². The number of rotatable bonds is 2. The van der Waals surface area contributed by atoms with Gasteiger partial charge in [-0.15, -0.1) is 0 Å². The van der Waals surface area contributed by atoms with Crippen LogP contribution < -0.4 is 4.90 Å². The third-order valence-electron chi connectivity index (χ3n) is 3.04. The highest BCUT2D eigenvalue weighted by Crippen LogP contribution is 2.27. The summed E-state index contributed by atoms with van der Waals surface area (Å²) in [6, 6.07) is 0.352. The molecule has 4 nitrogen and oxygen atoms in total. The summed E-state index contributed by atoms with van der Waals surface area (Å²) in [5.74, 6) is 1.11. The molecular weight excluding hydrogens is 226 g/mol. The lowest BCUT2D eigenvalue weighted by Gasteiger charge is -2.31. The van der Waals surface area contributed by atoms with E-state index in [1.165, 1.54) is 6.33 Å². The van der Waals surface area contributed by atoms with E-state index < -0.39 is 0 Å². The molecule has 1 fully saturated rings. The van der Waals surface area contributed by atoms with Crippen molar-refractivity contribution in [2.75, 3.05) is 11.9 Å². The van der Waals surface area contributed by atoms with Gasteiger partial charge >= 0.3 is 0 Å². The molecule has 0 N–H and O–H groups in total. The summed E-state index contributed by atoms with van der Waals surface area (Å²) in [6.45, 7) is 0. The van der Waals surface area contributed by atoms with Crippen molar-refractivity contribution in [3.8, 4) is 0 Å². The van der Waals surface area contributed by atoms with Gasteiger partial charge in [-0.3, -0.25) is 4.79 Å². The first-order chi connectivity index (χ1) is 7.68. The van der Waals surface area contributed by atoms with E-state index in [2.05, 4.69) is 14.9 Å². The summed E-state index contributed by atoms with van der Waals surface area (Å²) in [4.78, 5) is 21.2. The van der Waals surface area contributed by atoms with Gasteiger partial charge in [0.2, 0.25) is 0 Å². The van der Waals surface area contributed by atoms with E-state index in [4.69, 9.17) is 11.6 Å². The molecule has 0 saturated heterocycles. The molecule has 0 radical (unpaired) electrons. The van der Waals surface area contributed by atoms with Crippen molar-refractivity contribution < 1.29 is 4.79 Å². The molecule has 86 valence electrons. The predicted molar refractivity (Wildman–Crippen MR) is 62.7 cm³/mol. The van der Waals surface area contributed by atoms with E-state index in [9.17, 15) is 4.79 Å². The molecule has 0 atom stereocenters. The summed E-state index contributed by atoms with van der Waals surface area (Å²) in [5, 5.41) is 0.557. The number of nitrogens with zero attached hydrogens (tertiary/aromatic N) is 3. The van der Waals surface area contributed by atoms with Crippen molar-refractivity contribution in [2.45, 2.75) is 31.7 Å². The molecule has 0 bridgehead atoms. The van der Waals surface area contributed by atoms with Gasteiger partial charge in [0, 0.05) is 25.9 Å². The Morgan fingerprint density at radius 2 is 2.12 bits per heavy atom. The fourth-order valence-electron chi connectivity index (χ4n) is 2.05. The fraction of sp³-hybridized carbons (Fsp3) is 0.545. The number of hydrogen-bond donors (Lipinski definition) is 0. The second kappa shape index (κ2) is 4.78. The Bertz CT molecular complexity index is 387. The van der Waals surface area contributed by atoms with Crippen LogP contribution in [-0.2, 0) is 4.79 Å². The molecule has 1 aliphatic carbocycles. The number of anilines is 1. The van der Waals surface area contributed by atoms with Gasteiger partial charge in [-0.1, -0.05) is 11.6 Å². The topological polar surface area (TPSA) is 46.1 Å².